The van der Waals surface area contributed by atoms with Gasteiger partial charge in [-0.2, -0.15) is 15.1 Å². The van der Waals surface area contributed by atoms with Crippen LogP contribution >= 0.6 is 7.75 Å². The molecule has 5 aromatic rings. The Hall–Kier alpha value is -4.62. The summed E-state index contributed by atoms with van der Waals surface area (Å²) in [5, 5.41) is 4.17. The molecule has 0 saturated carbocycles. The van der Waals surface area contributed by atoms with Gasteiger partial charge in [0.05, 0.1) is 20.0 Å². The molecule has 6 atom stereocenters. The molecule has 3 N–H and O–H groups in total. The van der Waals surface area contributed by atoms with Crippen LogP contribution in [0.1, 0.15) is 25.6 Å². The first-order valence-electron chi connectivity index (χ1n) is 14.9. The van der Waals surface area contributed by atoms with Gasteiger partial charge in [-0.1, -0.05) is 73.7 Å². The number of carbonyl (C=O) groups is 1. The van der Waals surface area contributed by atoms with E-state index in [9.17, 15) is 9.36 Å². The molecule has 1 aliphatic heterocycles. The number of anilines is 1. The Morgan fingerprint density at radius 1 is 1.11 bits per heavy atom. The topological polar surface area (TPSA) is 162 Å². The number of alkyl halides is 1. The molecular weight excluding hydrogens is 630 g/mol. The minimum absolute atomic E-state index is 0.0190. The molecule has 13 nitrogen and oxygen atoms in total. The molecule has 1 fully saturated rings. The molecule has 15 heteroatoms. The van der Waals surface area contributed by atoms with Gasteiger partial charge in [-0.05, 0) is 23.9 Å². The third-order valence-electron chi connectivity index (χ3n) is 7.80. The number of benzene rings is 3. The number of methoxy groups -OCH3 is 1. The summed E-state index contributed by atoms with van der Waals surface area (Å²) in [6, 6.07) is 20.6. The fourth-order valence-electron chi connectivity index (χ4n) is 5.37. The first-order chi connectivity index (χ1) is 22.7. The lowest BCUT2D eigenvalue weighted by atomic mass is 10.0. The van der Waals surface area contributed by atoms with Crippen molar-refractivity contribution in [3.8, 4) is 11.6 Å². The first kappa shape index (κ1) is 32.3. The predicted molar refractivity (Wildman–Crippen MR) is 171 cm³/mol. The van der Waals surface area contributed by atoms with Gasteiger partial charge in [0.25, 0.3) is 0 Å². The van der Waals surface area contributed by atoms with Crippen molar-refractivity contribution in [2.45, 2.75) is 45.0 Å². The lowest BCUT2D eigenvalue weighted by molar-refractivity contribution is -0.146. The standard InChI is InChI=1S/C32H34FN6O7P/c1-19-26(33)25(45-30(19)39-18-35-27-28(39)36-32(34)37-29(27)42-3)17-44-47(41,46-24-15-9-13-22-12-7-8-14-23(22)24)38-20(2)31(40)43-16-21-10-5-4-6-11-21/h4-15,18-20,25-26,30H,16-17H2,1-3H3,(H,38,41)(H2,34,36,37). The van der Waals surface area contributed by atoms with Gasteiger partial charge in [0, 0.05) is 11.3 Å². The van der Waals surface area contributed by atoms with Gasteiger partial charge in [0.15, 0.2) is 11.2 Å². The van der Waals surface area contributed by atoms with E-state index in [0.29, 0.717) is 16.6 Å². The van der Waals surface area contributed by atoms with Crippen LogP contribution in [0.2, 0.25) is 0 Å². The van der Waals surface area contributed by atoms with E-state index in [1.807, 2.05) is 54.6 Å². The summed E-state index contributed by atoms with van der Waals surface area (Å²) in [5.41, 5.74) is 7.27. The van der Waals surface area contributed by atoms with Gasteiger partial charge in [0.2, 0.25) is 11.8 Å². The van der Waals surface area contributed by atoms with E-state index < -0.39 is 50.8 Å². The average molecular weight is 665 g/mol. The number of esters is 1. The zero-order chi connectivity index (χ0) is 33.1. The molecular formula is C32H34FN6O7P. The fraction of sp³-hybridized carbons (Fsp3) is 0.312. The Labute approximate surface area is 269 Å². The predicted octanol–water partition coefficient (Wildman–Crippen LogP) is 5.37. The van der Waals surface area contributed by atoms with Crippen molar-refractivity contribution < 1.29 is 37.0 Å². The quantitative estimate of drug-likeness (QED) is 0.130. The van der Waals surface area contributed by atoms with Crippen molar-refractivity contribution in [2.24, 2.45) is 5.92 Å². The number of hydrogen-bond acceptors (Lipinski definition) is 11. The van der Waals surface area contributed by atoms with Gasteiger partial charge >= 0.3 is 13.7 Å². The molecule has 0 spiro atoms. The van der Waals surface area contributed by atoms with Crippen LogP contribution < -0.4 is 20.1 Å². The van der Waals surface area contributed by atoms with Crippen molar-refractivity contribution in [3.05, 3.63) is 84.7 Å². The fourth-order valence-corrected chi connectivity index (χ4v) is 6.89. The normalized spacial score (nSPS) is 21.4. The highest BCUT2D eigenvalue weighted by Gasteiger charge is 2.46. The molecule has 3 aromatic carbocycles. The smallest absolute Gasteiger partial charge is 0.459 e. The average Bonchev–Trinajstić information content (AvgIpc) is 3.62. The Morgan fingerprint density at radius 2 is 1.85 bits per heavy atom. The van der Waals surface area contributed by atoms with Crippen LogP contribution in [0, 0.1) is 5.92 Å². The molecule has 6 unspecified atom stereocenters. The summed E-state index contributed by atoms with van der Waals surface area (Å²) in [6.07, 6.45) is -2.13. The number of rotatable bonds is 12. The number of carbonyl (C=O) groups excluding carboxylic acids is 1. The molecule has 2 aromatic heterocycles. The zero-order valence-electron chi connectivity index (χ0n) is 25.9. The molecule has 0 radical (unpaired) electrons. The molecule has 246 valence electrons. The van der Waals surface area contributed by atoms with Gasteiger partial charge in [-0.15, -0.1) is 0 Å². The summed E-state index contributed by atoms with van der Waals surface area (Å²) in [6.45, 7) is 2.68. The van der Waals surface area contributed by atoms with Crippen molar-refractivity contribution in [1.29, 1.82) is 0 Å². The second-order valence-electron chi connectivity index (χ2n) is 11.1. The van der Waals surface area contributed by atoms with Crippen molar-refractivity contribution >= 4 is 41.6 Å². The van der Waals surface area contributed by atoms with Crippen LogP contribution in [0.25, 0.3) is 21.9 Å². The maximum atomic E-state index is 15.8. The van der Waals surface area contributed by atoms with Crippen molar-refractivity contribution in [1.82, 2.24) is 24.6 Å². The van der Waals surface area contributed by atoms with Crippen LogP contribution in [-0.4, -0.2) is 57.5 Å². The summed E-state index contributed by atoms with van der Waals surface area (Å²) in [7, 11) is -2.93. The van der Waals surface area contributed by atoms with Gasteiger partial charge in [-0.25, -0.2) is 13.9 Å². The number of imidazole rings is 1. The van der Waals surface area contributed by atoms with E-state index in [-0.39, 0.29) is 24.2 Å². The first-order valence-corrected chi connectivity index (χ1v) is 16.4. The Kier molecular flexibility index (Phi) is 9.37. The molecule has 3 heterocycles. The van der Waals surface area contributed by atoms with Crippen LogP contribution in [-0.2, 0) is 30.0 Å². The second kappa shape index (κ2) is 13.6. The van der Waals surface area contributed by atoms with E-state index in [0.717, 1.165) is 10.9 Å². The Morgan fingerprint density at radius 3 is 2.64 bits per heavy atom. The Balaban J connectivity index is 1.22. The lowest BCUT2D eigenvalue weighted by Gasteiger charge is -2.25. The molecule has 47 heavy (non-hydrogen) atoms. The Bertz CT molecular complexity index is 1920. The number of nitrogens with zero attached hydrogens (tertiary/aromatic N) is 4. The van der Waals surface area contributed by atoms with Gasteiger partial charge < -0.3 is 24.5 Å². The van der Waals surface area contributed by atoms with Gasteiger partial charge in [-0.3, -0.25) is 13.9 Å². The monoisotopic (exact) mass is 664 g/mol. The van der Waals surface area contributed by atoms with Crippen LogP contribution in [0.5, 0.6) is 11.6 Å². The third-order valence-corrected chi connectivity index (χ3v) is 9.43. The van der Waals surface area contributed by atoms with Gasteiger partial charge in [0.1, 0.15) is 36.9 Å². The van der Waals surface area contributed by atoms with Crippen molar-refractivity contribution in [3.63, 3.8) is 0 Å². The number of fused-ring (bicyclic) bond motifs is 2. The lowest BCUT2D eigenvalue weighted by Crippen LogP contribution is -2.36. The molecule has 0 aliphatic carbocycles. The maximum absolute atomic E-state index is 15.8. The number of nitrogens with two attached hydrogens (primary N) is 1. The highest BCUT2D eigenvalue weighted by atomic mass is 31.2. The third kappa shape index (κ3) is 6.91. The highest BCUT2D eigenvalue weighted by Crippen LogP contribution is 2.48. The zero-order valence-corrected chi connectivity index (χ0v) is 26.8. The molecule has 0 bridgehead atoms. The molecule has 0 amide bonds. The van der Waals surface area contributed by atoms with Crippen LogP contribution in [0.3, 0.4) is 0 Å². The number of ether oxygens (including phenoxy) is 3. The number of nitrogens with one attached hydrogen (secondary N) is 1. The summed E-state index contributed by atoms with van der Waals surface area (Å²) in [5.74, 6) is -1.01. The highest BCUT2D eigenvalue weighted by molar-refractivity contribution is 7.52. The van der Waals surface area contributed by atoms with E-state index in [1.165, 1.54) is 20.4 Å². The van der Waals surface area contributed by atoms with Crippen LogP contribution in [0.4, 0.5) is 10.3 Å². The minimum Gasteiger partial charge on any atom is -0.479 e. The molecule has 1 aliphatic rings. The van der Waals surface area contributed by atoms with Crippen molar-refractivity contribution in [2.75, 3.05) is 19.5 Å². The van der Waals surface area contributed by atoms with E-state index in [4.69, 9.17) is 29.0 Å². The summed E-state index contributed by atoms with van der Waals surface area (Å²) < 4.78 is 60.3. The number of hydrogen-bond donors (Lipinski definition) is 2. The second-order valence-corrected chi connectivity index (χ2v) is 12.8. The van der Waals surface area contributed by atoms with E-state index in [2.05, 4.69) is 20.0 Å². The number of aromatic nitrogens is 4. The maximum Gasteiger partial charge on any atom is 0.459 e. The van der Waals surface area contributed by atoms with E-state index in [1.54, 1.807) is 29.7 Å². The minimum atomic E-state index is -4.36. The molecule has 6 rings (SSSR count). The van der Waals surface area contributed by atoms with Crippen LogP contribution in [0.15, 0.2) is 79.1 Å². The SMILES string of the molecule is COc1nc(N)nc2c1ncn2C1OC(COP(=O)(NC(C)C(=O)OCc2ccccc2)Oc2cccc3ccccc23)C(F)C1C. The summed E-state index contributed by atoms with van der Waals surface area (Å²) in [4.78, 5) is 25.5. The largest absolute Gasteiger partial charge is 0.479 e. The number of halogens is 1. The number of nitrogen functional groups attached to an aromatic ring is 1. The summed E-state index contributed by atoms with van der Waals surface area (Å²) >= 11 is 0. The van der Waals surface area contributed by atoms with E-state index >= 15 is 4.39 Å². The molecule has 1 saturated heterocycles.